The van der Waals surface area contributed by atoms with Crippen molar-refractivity contribution in [3.8, 4) is 5.75 Å². The lowest BCUT2D eigenvalue weighted by Gasteiger charge is -2.20. The van der Waals surface area contributed by atoms with Crippen LogP contribution in [0.5, 0.6) is 5.75 Å². The van der Waals surface area contributed by atoms with Crippen molar-refractivity contribution >= 4 is 23.5 Å². The van der Waals surface area contributed by atoms with E-state index in [9.17, 15) is 0 Å². The van der Waals surface area contributed by atoms with Crippen molar-refractivity contribution in [1.82, 2.24) is 10.7 Å². The van der Waals surface area contributed by atoms with Gasteiger partial charge in [-0.05, 0) is 73.6 Å². The number of allylic oxidation sites excluding steroid dienone is 1. The second-order valence-corrected chi connectivity index (χ2v) is 6.14. The number of benzene rings is 1. The Morgan fingerprint density at radius 1 is 1.32 bits per heavy atom. The molecule has 0 unspecified atom stereocenters. The normalized spacial score (nSPS) is 25.6. The Bertz CT molecular complexity index is 582. The molecular formula is C17H21N3OS. The lowest BCUT2D eigenvalue weighted by atomic mass is 10.0. The van der Waals surface area contributed by atoms with E-state index in [0.717, 1.165) is 17.2 Å². The van der Waals surface area contributed by atoms with Crippen molar-refractivity contribution in [3.05, 3.63) is 42.0 Å². The van der Waals surface area contributed by atoms with Crippen molar-refractivity contribution in [2.24, 2.45) is 16.9 Å². The fourth-order valence-electron chi connectivity index (χ4n) is 3.13. The Kier molecular flexibility index (Phi) is 4.73. The molecule has 3 atom stereocenters. The summed E-state index contributed by atoms with van der Waals surface area (Å²) < 4.78 is 5.41. The van der Waals surface area contributed by atoms with Crippen LogP contribution in [0.25, 0.3) is 0 Å². The molecule has 1 aromatic rings. The third-order valence-corrected chi connectivity index (χ3v) is 4.38. The van der Waals surface area contributed by atoms with E-state index in [1.165, 1.54) is 12.8 Å². The van der Waals surface area contributed by atoms with Gasteiger partial charge in [0.15, 0.2) is 5.11 Å². The van der Waals surface area contributed by atoms with Crippen LogP contribution in [0.1, 0.15) is 25.3 Å². The van der Waals surface area contributed by atoms with Crippen molar-refractivity contribution < 1.29 is 4.74 Å². The molecule has 0 aromatic heterocycles. The first-order valence-electron chi connectivity index (χ1n) is 7.75. The first kappa shape index (κ1) is 15.0. The molecule has 0 aliphatic heterocycles. The van der Waals surface area contributed by atoms with Crippen LogP contribution >= 0.6 is 12.2 Å². The highest BCUT2D eigenvalue weighted by Gasteiger charge is 2.35. The zero-order valence-corrected chi connectivity index (χ0v) is 13.5. The molecule has 22 heavy (non-hydrogen) atoms. The highest BCUT2D eigenvalue weighted by Crippen LogP contribution is 2.38. The molecule has 2 bridgehead atoms. The van der Waals surface area contributed by atoms with E-state index in [1.807, 2.05) is 31.2 Å². The van der Waals surface area contributed by atoms with Gasteiger partial charge in [-0.1, -0.05) is 12.2 Å². The maximum absolute atomic E-state index is 5.41. The fourth-order valence-corrected chi connectivity index (χ4v) is 3.33. The molecule has 5 heteroatoms. The predicted octanol–water partition coefficient (Wildman–Crippen LogP) is 2.85. The minimum atomic E-state index is 0.454. The molecule has 0 spiro atoms. The van der Waals surface area contributed by atoms with Gasteiger partial charge in [0.2, 0.25) is 0 Å². The van der Waals surface area contributed by atoms with Gasteiger partial charge < -0.3 is 10.1 Å². The number of thiocarbonyl (C=S) groups is 1. The lowest BCUT2D eigenvalue weighted by molar-refractivity contribution is 0.340. The van der Waals surface area contributed by atoms with Gasteiger partial charge in [0.1, 0.15) is 5.75 Å². The number of fused-ring (bicyclic) bond motifs is 2. The van der Waals surface area contributed by atoms with Crippen molar-refractivity contribution in [2.75, 3.05) is 6.61 Å². The predicted molar refractivity (Wildman–Crippen MR) is 93.2 cm³/mol. The average molecular weight is 315 g/mol. The minimum absolute atomic E-state index is 0.454. The molecule has 4 nitrogen and oxygen atoms in total. The molecule has 0 heterocycles. The summed E-state index contributed by atoms with van der Waals surface area (Å²) >= 11 is 5.30. The van der Waals surface area contributed by atoms with Crippen LogP contribution in [0.3, 0.4) is 0 Å². The molecule has 1 fully saturated rings. The highest BCUT2D eigenvalue weighted by molar-refractivity contribution is 7.80. The van der Waals surface area contributed by atoms with E-state index < -0.39 is 0 Å². The van der Waals surface area contributed by atoms with E-state index in [-0.39, 0.29) is 0 Å². The summed E-state index contributed by atoms with van der Waals surface area (Å²) in [6, 6.07) is 8.25. The van der Waals surface area contributed by atoms with Crippen LogP contribution in [0, 0.1) is 11.8 Å². The van der Waals surface area contributed by atoms with Crippen molar-refractivity contribution in [1.29, 1.82) is 0 Å². The van der Waals surface area contributed by atoms with E-state index in [1.54, 1.807) is 6.21 Å². The molecule has 0 radical (unpaired) electrons. The Morgan fingerprint density at radius 3 is 2.77 bits per heavy atom. The summed E-state index contributed by atoms with van der Waals surface area (Å²) in [5.74, 6) is 2.23. The van der Waals surface area contributed by atoms with Crippen LogP contribution in [-0.2, 0) is 0 Å². The van der Waals surface area contributed by atoms with E-state index in [4.69, 9.17) is 17.0 Å². The number of hydrazone groups is 1. The third-order valence-electron chi connectivity index (χ3n) is 4.17. The number of hydrogen-bond acceptors (Lipinski definition) is 3. The zero-order valence-electron chi connectivity index (χ0n) is 12.7. The van der Waals surface area contributed by atoms with E-state index in [2.05, 4.69) is 28.0 Å². The number of ether oxygens (including phenoxy) is 1. The minimum Gasteiger partial charge on any atom is -0.494 e. The summed E-state index contributed by atoms with van der Waals surface area (Å²) in [6.07, 6.45) is 8.81. The summed E-state index contributed by atoms with van der Waals surface area (Å²) in [5.41, 5.74) is 3.89. The van der Waals surface area contributed by atoms with Crippen LogP contribution in [0.4, 0.5) is 0 Å². The van der Waals surface area contributed by atoms with Gasteiger partial charge in [-0.15, -0.1) is 0 Å². The van der Waals surface area contributed by atoms with Crippen molar-refractivity contribution in [2.45, 2.75) is 25.8 Å². The monoisotopic (exact) mass is 315 g/mol. The number of nitrogens with one attached hydrogen (secondary N) is 2. The standard InChI is InChI=1S/C17H21N3OS/c1-2-21-15-7-4-12(5-8-15)11-18-20-17(22)19-16-10-13-3-6-14(16)9-13/h3-8,11,13-14,16H,2,9-10H2,1H3,(H2,19,20,22)/b18-11-/t13-,14+,16-/m1/s1. The van der Waals surface area contributed by atoms with Gasteiger partial charge >= 0.3 is 0 Å². The highest BCUT2D eigenvalue weighted by atomic mass is 32.1. The average Bonchev–Trinajstić information content (AvgIpc) is 3.12. The first-order chi connectivity index (χ1) is 10.7. The SMILES string of the molecule is CCOc1ccc(/C=N\NC(=S)N[C@@H]2C[C@@H]3C=C[C@H]2C3)cc1. The van der Waals surface area contributed by atoms with Gasteiger partial charge in [-0.3, -0.25) is 5.43 Å². The number of nitrogens with zero attached hydrogens (tertiary/aromatic N) is 1. The maximum Gasteiger partial charge on any atom is 0.187 e. The zero-order chi connectivity index (χ0) is 15.4. The molecular weight excluding hydrogens is 294 g/mol. The smallest absolute Gasteiger partial charge is 0.187 e. The fraction of sp³-hybridized carbons (Fsp3) is 0.412. The molecule has 2 aliphatic rings. The second kappa shape index (κ2) is 6.92. The van der Waals surface area contributed by atoms with Crippen LogP contribution < -0.4 is 15.5 Å². The third kappa shape index (κ3) is 3.65. The quantitative estimate of drug-likeness (QED) is 0.380. The van der Waals surface area contributed by atoms with Crippen LogP contribution in [0.2, 0.25) is 0 Å². The largest absolute Gasteiger partial charge is 0.494 e. The van der Waals surface area contributed by atoms with Crippen molar-refractivity contribution in [3.63, 3.8) is 0 Å². The summed E-state index contributed by atoms with van der Waals surface area (Å²) in [4.78, 5) is 0. The molecule has 116 valence electrons. The Balaban J connectivity index is 1.45. The van der Waals surface area contributed by atoms with Gasteiger partial charge in [-0.25, -0.2) is 0 Å². The Labute approximate surface area is 136 Å². The molecule has 0 saturated heterocycles. The number of hydrogen-bond donors (Lipinski definition) is 2. The van der Waals surface area contributed by atoms with Gasteiger partial charge in [0.05, 0.1) is 12.8 Å². The Morgan fingerprint density at radius 2 is 2.14 bits per heavy atom. The summed E-state index contributed by atoms with van der Waals surface area (Å²) in [7, 11) is 0. The van der Waals surface area contributed by atoms with Gasteiger partial charge in [0, 0.05) is 6.04 Å². The Hall–Kier alpha value is -1.88. The number of rotatable bonds is 5. The van der Waals surface area contributed by atoms with Crippen LogP contribution in [-0.4, -0.2) is 24.0 Å². The van der Waals surface area contributed by atoms with E-state index >= 15 is 0 Å². The summed E-state index contributed by atoms with van der Waals surface area (Å²) in [6.45, 7) is 2.65. The first-order valence-corrected chi connectivity index (χ1v) is 8.16. The summed E-state index contributed by atoms with van der Waals surface area (Å²) in [5, 5.41) is 8.13. The molecule has 2 aliphatic carbocycles. The van der Waals surface area contributed by atoms with Gasteiger partial charge in [-0.2, -0.15) is 5.10 Å². The second-order valence-electron chi connectivity index (χ2n) is 5.73. The topological polar surface area (TPSA) is 45.6 Å². The molecule has 1 aromatic carbocycles. The maximum atomic E-state index is 5.41. The van der Waals surface area contributed by atoms with Crippen LogP contribution in [0.15, 0.2) is 41.5 Å². The lowest BCUT2D eigenvalue weighted by Crippen LogP contribution is -2.42. The van der Waals surface area contributed by atoms with Gasteiger partial charge in [0.25, 0.3) is 0 Å². The molecule has 2 N–H and O–H groups in total. The molecule has 3 rings (SSSR count). The molecule has 0 amide bonds. The van der Waals surface area contributed by atoms with E-state index in [0.29, 0.717) is 23.7 Å². The molecule has 1 saturated carbocycles.